The lowest BCUT2D eigenvalue weighted by molar-refractivity contribution is -0.140. The number of sulfone groups is 1. The van der Waals surface area contributed by atoms with Crippen molar-refractivity contribution in [2.45, 2.75) is 42.6 Å². The van der Waals surface area contributed by atoms with Crippen LogP contribution in [0, 0.1) is 11.8 Å². The molecule has 2 aromatic carbocycles. The maximum Gasteiger partial charge on any atom is 0.406 e. The highest BCUT2D eigenvalue weighted by molar-refractivity contribution is 7.90. The van der Waals surface area contributed by atoms with Gasteiger partial charge in [-0.3, -0.25) is 0 Å². The minimum Gasteiger partial charge on any atom is -0.495 e. The molecule has 0 saturated carbocycles. The van der Waals surface area contributed by atoms with Crippen LogP contribution in [0.2, 0.25) is 0 Å². The summed E-state index contributed by atoms with van der Waals surface area (Å²) in [7, 11) is -0.453. The number of nitrogens with zero attached hydrogens (tertiary/aromatic N) is 2. The third kappa shape index (κ3) is 8.79. The lowest BCUT2D eigenvalue weighted by atomic mass is 10.0. The van der Waals surface area contributed by atoms with Crippen molar-refractivity contribution in [1.29, 1.82) is 0 Å². The van der Waals surface area contributed by atoms with Crippen LogP contribution in [0.4, 0.5) is 24.5 Å². The minimum absolute atomic E-state index is 0.0882. The number of likely N-dealkylation sites (tertiary alicyclic amines) is 1. The number of β-amino-alcohol motifs (C(OH)–C–C–N with tert-alkyl or cyclic N) is 1. The van der Waals surface area contributed by atoms with Gasteiger partial charge in [0.25, 0.3) is 0 Å². The molecule has 1 saturated heterocycles. The summed E-state index contributed by atoms with van der Waals surface area (Å²) >= 11 is 0. The molecule has 0 radical (unpaired) electrons. The van der Waals surface area contributed by atoms with Gasteiger partial charge < -0.3 is 34.7 Å². The number of ether oxygens (including phenoxy) is 2. The number of hydrogen-bond donors (Lipinski definition) is 3. The quantitative estimate of drug-likeness (QED) is 0.276. The highest BCUT2D eigenvalue weighted by Gasteiger charge is 2.30. The van der Waals surface area contributed by atoms with Gasteiger partial charge in [0.15, 0.2) is 9.84 Å². The summed E-state index contributed by atoms with van der Waals surface area (Å²) in [6.45, 7) is 1.30. The third-order valence-corrected chi connectivity index (χ3v) is 8.35. The number of aliphatic hydroxyl groups is 1. The topological polar surface area (TPSA) is 105 Å². The summed E-state index contributed by atoms with van der Waals surface area (Å²) in [5.74, 6) is 6.07. The molecule has 4 rings (SSSR count). The second kappa shape index (κ2) is 13.9. The summed E-state index contributed by atoms with van der Waals surface area (Å²) in [5.41, 5.74) is 1.90. The average Bonchev–Trinajstić information content (AvgIpc) is 3.28. The first-order chi connectivity index (χ1) is 20.4. The fourth-order valence-corrected chi connectivity index (χ4v) is 5.85. The lowest BCUT2D eigenvalue weighted by Crippen LogP contribution is -2.43. The van der Waals surface area contributed by atoms with Crippen LogP contribution in [0.1, 0.15) is 18.5 Å². The van der Waals surface area contributed by atoms with Crippen LogP contribution in [0.25, 0.3) is 10.9 Å². The predicted molar refractivity (Wildman–Crippen MR) is 160 cm³/mol. The van der Waals surface area contributed by atoms with Crippen LogP contribution < -0.4 is 15.4 Å². The molecule has 2 heterocycles. The van der Waals surface area contributed by atoms with E-state index in [1.165, 1.54) is 23.8 Å². The molecule has 1 aliphatic heterocycles. The molecule has 1 fully saturated rings. The van der Waals surface area contributed by atoms with Gasteiger partial charge in [0, 0.05) is 56.2 Å². The number of anilines is 2. The Kier molecular flexibility index (Phi) is 10.5. The molecular weight excluding hydrogens is 585 g/mol. The molecule has 3 N–H and O–H groups in total. The standard InChI is InChI=1S/C30H37F3N4O5S/c1-41-19-23(38)18-36-14-11-21(12-15-36)35-26-7-4-8-28-25(26)16-22(37(28)20-30(31,32)33)6-5-13-34-27-10-9-24(43(3,39)40)17-29(27)42-2/h4,7-10,16-17,21,23,34-35,38H,11-15,18-20H2,1-3H3/t23-/m0/s1. The molecule has 13 heteroatoms. The summed E-state index contributed by atoms with van der Waals surface area (Å²) in [5, 5.41) is 17.2. The number of hydrogen-bond acceptors (Lipinski definition) is 8. The normalized spacial score (nSPS) is 15.6. The molecule has 234 valence electrons. The van der Waals surface area contributed by atoms with E-state index >= 15 is 0 Å². The monoisotopic (exact) mass is 622 g/mol. The van der Waals surface area contributed by atoms with Crippen molar-refractivity contribution in [2.75, 3.05) is 63.9 Å². The number of aliphatic hydroxyl groups excluding tert-OH is 1. The maximum absolute atomic E-state index is 13.6. The van der Waals surface area contributed by atoms with Gasteiger partial charge in [0.2, 0.25) is 0 Å². The fourth-order valence-electron chi connectivity index (χ4n) is 5.21. The number of methoxy groups -OCH3 is 2. The first-order valence-corrected chi connectivity index (χ1v) is 15.7. The molecule has 0 aliphatic carbocycles. The third-order valence-electron chi connectivity index (χ3n) is 7.24. The molecule has 0 unspecified atom stereocenters. The Bertz CT molecular complexity index is 1570. The van der Waals surface area contributed by atoms with E-state index in [4.69, 9.17) is 9.47 Å². The van der Waals surface area contributed by atoms with Gasteiger partial charge in [-0.15, -0.1) is 0 Å². The molecule has 1 aromatic heterocycles. The maximum atomic E-state index is 13.6. The predicted octanol–water partition coefficient (Wildman–Crippen LogP) is 3.96. The zero-order valence-corrected chi connectivity index (χ0v) is 25.2. The highest BCUT2D eigenvalue weighted by Crippen LogP contribution is 2.32. The Morgan fingerprint density at radius 2 is 1.86 bits per heavy atom. The molecular formula is C30H37F3N4O5S. The molecule has 9 nitrogen and oxygen atoms in total. The summed E-state index contributed by atoms with van der Waals surface area (Å²) in [6.07, 6.45) is -2.24. The van der Waals surface area contributed by atoms with Crippen LogP contribution in [-0.4, -0.2) is 94.6 Å². The molecule has 3 aromatic rings. The fraction of sp³-hybridized carbons (Fsp3) is 0.467. The first-order valence-electron chi connectivity index (χ1n) is 13.8. The molecule has 1 atom stereocenters. The second-order valence-corrected chi connectivity index (χ2v) is 12.6. The summed E-state index contributed by atoms with van der Waals surface area (Å²) in [4.78, 5) is 2.29. The number of benzene rings is 2. The second-order valence-electron chi connectivity index (χ2n) is 10.6. The van der Waals surface area contributed by atoms with Crippen LogP contribution in [0.3, 0.4) is 0 Å². The Labute approximate surface area is 249 Å². The molecule has 0 spiro atoms. The number of piperidine rings is 1. The Hall–Kier alpha value is -3.44. The van der Waals surface area contributed by atoms with Crippen LogP contribution in [0.15, 0.2) is 47.4 Å². The van der Waals surface area contributed by atoms with Crippen molar-refractivity contribution in [1.82, 2.24) is 9.47 Å². The van der Waals surface area contributed by atoms with Crippen molar-refractivity contribution < 1.29 is 36.2 Å². The van der Waals surface area contributed by atoms with E-state index in [2.05, 4.69) is 27.4 Å². The van der Waals surface area contributed by atoms with E-state index in [9.17, 15) is 26.7 Å². The van der Waals surface area contributed by atoms with E-state index in [0.717, 1.165) is 37.9 Å². The average molecular weight is 623 g/mol. The number of alkyl halides is 3. The summed E-state index contributed by atoms with van der Waals surface area (Å²) in [6, 6.07) is 11.5. The van der Waals surface area contributed by atoms with Crippen LogP contribution in [0.5, 0.6) is 5.75 Å². The van der Waals surface area contributed by atoms with Gasteiger partial charge >= 0.3 is 6.18 Å². The van der Waals surface area contributed by atoms with Gasteiger partial charge in [0.05, 0.1) is 48.2 Å². The van der Waals surface area contributed by atoms with Crippen molar-refractivity contribution in [3.05, 3.63) is 48.2 Å². The van der Waals surface area contributed by atoms with Gasteiger partial charge in [-0.2, -0.15) is 13.2 Å². The minimum atomic E-state index is -4.45. The van der Waals surface area contributed by atoms with E-state index in [1.54, 1.807) is 31.4 Å². The van der Waals surface area contributed by atoms with E-state index < -0.39 is 28.7 Å². The Balaban J connectivity index is 1.51. The zero-order valence-electron chi connectivity index (χ0n) is 24.4. The van der Waals surface area contributed by atoms with Gasteiger partial charge in [0.1, 0.15) is 12.3 Å². The lowest BCUT2D eigenvalue weighted by Gasteiger charge is -2.34. The smallest absolute Gasteiger partial charge is 0.406 e. The number of rotatable bonds is 11. The SMILES string of the molecule is COC[C@@H](O)CN1CCC(Nc2cccc3c2cc(C#CCNc2ccc(S(C)(=O)=O)cc2OC)n3CC(F)(F)F)CC1. The van der Waals surface area contributed by atoms with Gasteiger partial charge in [-0.05, 0) is 49.1 Å². The van der Waals surface area contributed by atoms with Crippen molar-refractivity contribution in [2.24, 2.45) is 0 Å². The molecule has 43 heavy (non-hydrogen) atoms. The summed E-state index contributed by atoms with van der Waals surface area (Å²) < 4.78 is 75.9. The Morgan fingerprint density at radius 3 is 2.51 bits per heavy atom. The molecule has 0 amide bonds. The first kappa shape index (κ1) is 32.5. The van der Waals surface area contributed by atoms with Crippen molar-refractivity contribution in [3.8, 4) is 17.6 Å². The van der Waals surface area contributed by atoms with Crippen LogP contribution in [-0.2, 0) is 21.1 Å². The van der Waals surface area contributed by atoms with Crippen molar-refractivity contribution in [3.63, 3.8) is 0 Å². The largest absolute Gasteiger partial charge is 0.495 e. The van der Waals surface area contributed by atoms with Gasteiger partial charge in [-0.25, -0.2) is 8.42 Å². The van der Waals surface area contributed by atoms with E-state index in [1.807, 2.05) is 6.07 Å². The molecule has 1 aliphatic rings. The van der Waals surface area contributed by atoms with Crippen molar-refractivity contribution >= 4 is 32.1 Å². The van der Waals surface area contributed by atoms with Crippen LogP contribution >= 0.6 is 0 Å². The number of halogens is 3. The zero-order chi connectivity index (χ0) is 31.2. The number of nitrogens with one attached hydrogen (secondary N) is 2. The number of aromatic nitrogens is 1. The Morgan fingerprint density at radius 1 is 1.12 bits per heavy atom. The number of fused-ring (bicyclic) bond motifs is 1. The van der Waals surface area contributed by atoms with E-state index in [-0.39, 0.29) is 29.8 Å². The molecule has 0 bridgehead atoms. The van der Waals surface area contributed by atoms with E-state index in [0.29, 0.717) is 28.9 Å². The van der Waals surface area contributed by atoms with Gasteiger partial charge in [-0.1, -0.05) is 12.0 Å². The highest BCUT2D eigenvalue weighted by atomic mass is 32.2.